The van der Waals surface area contributed by atoms with E-state index in [1.54, 1.807) is 24.4 Å². The summed E-state index contributed by atoms with van der Waals surface area (Å²) < 4.78 is 54.8. The number of sulfonamides is 1. The SMILES string of the molecule is CC1(C)[C@H]2CC[C@]1(c1ccnc(-c3ccnc(NS(C)(=O)=O)c3)n1)c1nnc(-c3c(F)cccc3F)cc12. The Morgan fingerprint density at radius 3 is 2.47 bits per heavy atom. The van der Waals surface area contributed by atoms with Crippen LogP contribution in [0, 0.1) is 17.0 Å². The number of nitrogens with zero attached hydrogens (tertiary/aromatic N) is 5. The molecule has 0 spiro atoms. The Morgan fingerprint density at radius 2 is 1.74 bits per heavy atom. The van der Waals surface area contributed by atoms with E-state index in [4.69, 9.17) is 4.98 Å². The number of benzene rings is 1. The van der Waals surface area contributed by atoms with Crippen LogP contribution in [0.4, 0.5) is 14.6 Å². The van der Waals surface area contributed by atoms with Gasteiger partial charge in [-0.3, -0.25) is 4.72 Å². The second-order valence-electron chi connectivity index (χ2n) is 10.4. The molecule has 0 saturated heterocycles. The lowest BCUT2D eigenvalue weighted by molar-refractivity contribution is 0.243. The van der Waals surface area contributed by atoms with Crippen LogP contribution in [-0.4, -0.2) is 39.8 Å². The van der Waals surface area contributed by atoms with Crippen LogP contribution in [0.3, 0.4) is 0 Å². The monoisotopic (exact) mass is 534 g/mol. The first-order valence-electron chi connectivity index (χ1n) is 12.1. The Hall–Kier alpha value is -3.86. The first-order chi connectivity index (χ1) is 18.0. The van der Waals surface area contributed by atoms with Gasteiger partial charge in [0.1, 0.15) is 17.5 Å². The van der Waals surface area contributed by atoms with Gasteiger partial charge in [-0.2, -0.15) is 5.10 Å². The number of anilines is 1. The van der Waals surface area contributed by atoms with Gasteiger partial charge in [-0.05, 0) is 66.1 Å². The molecule has 2 atom stereocenters. The zero-order chi connectivity index (χ0) is 26.9. The Morgan fingerprint density at radius 1 is 1.00 bits per heavy atom. The molecule has 0 radical (unpaired) electrons. The topological polar surface area (TPSA) is 111 Å². The van der Waals surface area contributed by atoms with Crippen LogP contribution in [0.15, 0.2) is 54.9 Å². The lowest BCUT2D eigenvalue weighted by atomic mass is 9.66. The van der Waals surface area contributed by atoms with Crippen molar-refractivity contribution < 1.29 is 17.2 Å². The number of nitrogens with one attached hydrogen (secondary N) is 1. The van der Waals surface area contributed by atoms with Gasteiger partial charge < -0.3 is 0 Å². The molecule has 38 heavy (non-hydrogen) atoms. The van der Waals surface area contributed by atoms with Crippen molar-refractivity contribution in [1.29, 1.82) is 0 Å². The fourth-order valence-corrected chi connectivity index (χ4v) is 6.80. The Balaban J connectivity index is 1.47. The number of pyridine rings is 1. The normalized spacial score (nSPS) is 21.3. The van der Waals surface area contributed by atoms with Gasteiger partial charge in [-0.25, -0.2) is 32.2 Å². The van der Waals surface area contributed by atoms with E-state index in [2.05, 4.69) is 38.7 Å². The number of rotatable bonds is 5. The maximum Gasteiger partial charge on any atom is 0.230 e. The molecule has 0 aliphatic heterocycles. The minimum absolute atomic E-state index is 0.103. The van der Waals surface area contributed by atoms with Crippen molar-refractivity contribution in [2.45, 2.75) is 38.0 Å². The van der Waals surface area contributed by atoms with Gasteiger partial charge in [0.25, 0.3) is 0 Å². The molecule has 2 bridgehead atoms. The van der Waals surface area contributed by atoms with Crippen LogP contribution >= 0.6 is 0 Å². The highest BCUT2D eigenvalue weighted by Gasteiger charge is 2.65. The number of hydrogen-bond donors (Lipinski definition) is 1. The van der Waals surface area contributed by atoms with E-state index in [9.17, 15) is 17.2 Å². The predicted molar refractivity (Wildman–Crippen MR) is 138 cm³/mol. The fourth-order valence-electron chi connectivity index (χ4n) is 6.31. The average Bonchev–Trinajstić information content (AvgIpc) is 3.24. The predicted octanol–water partition coefficient (Wildman–Crippen LogP) is 4.85. The number of fused-ring (bicyclic) bond motifs is 5. The quantitative estimate of drug-likeness (QED) is 0.390. The Bertz CT molecular complexity index is 1690. The molecule has 0 unspecified atom stereocenters. The van der Waals surface area contributed by atoms with Gasteiger partial charge >= 0.3 is 0 Å². The van der Waals surface area contributed by atoms with E-state index in [1.807, 2.05) is 6.07 Å². The zero-order valence-electron chi connectivity index (χ0n) is 20.9. The second-order valence-corrected chi connectivity index (χ2v) is 12.2. The number of hydrogen-bond acceptors (Lipinski definition) is 7. The summed E-state index contributed by atoms with van der Waals surface area (Å²) in [6.07, 6.45) is 5.87. The molecule has 3 aromatic heterocycles. The van der Waals surface area contributed by atoms with Crippen LogP contribution in [0.2, 0.25) is 0 Å². The highest BCUT2D eigenvalue weighted by molar-refractivity contribution is 7.92. The average molecular weight is 535 g/mol. The second kappa shape index (κ2) is 8.32. The van der Waals surface area contributed by atoms with Crippen molar-refractivity contribution in [2.75, 3.05) is 11.0 Å². The van der Waals surface area contributed by atoms with Crippen LogP contribution in [-0.2, 0) is 15.4 Å². The van der Waals surface area contributed by atoms with Gasteiger partial charge in [0.05, 0.1) is 34.3 Å². The van der Waals surface area contributed by atoms with Gasteiger partial charge in [0, 0.05) is 18.0 Å². The molecule has 6 rings (SSSR count). The lowest BCUT2D eigenvalue weighted by Gasteiger charge is -2.37. The summed E-state index contributed by atoms with van der Waals surface area (Å²) >= 11 is 0. The Labute approximate surface area is 218 Å². The van der Waals surface area contributed by atoms with E-state index in [0.717, 1.165) is 36.0 Å². The van der Waals surface area contributed by atoms with E-state index < -0.39 is 27.1 Å². The third kappa shape index (κ3) is 3.59. The minimum Gasteiger partial charge on any atom is -0.268 e. The zero-order valence-corrected chi connectivity index (χ0v) is 21.7. The number of aromatic nitrogens is 5. The molecule has 11 heteroatoms. The van der Waals surface area contributed by atoms with E-state index in [0.29, 0.717) is 11.4 Å². The first kappa shape index (κ1) is 24.5. The first-order valence-corrected chi connectivity index (χ1v) is 14.0. The summed E-state index contributed by atoms with van der Waals surface area (Å²) in [7, 11) is -3.50. The molecule has 1 saturated carbocycles. The maximum absolute atomic E-state index is 14.5. The number of halogens is 2. The molecule has 2 aliphatic rings. The van der Waals surface area contributed by atoms with Gasteiger partial charge in [0.15, 0.2) is 5.82 Å². The standard InChI is InChI=1S/C27H24F2N6O2S/c1-26(2)17-7-10-27(26,24-16(17)14-20(33-34-24)23-18(28)5-4-6-19(23)29)21-9-12-31-25(32-21)15-8-11-30-22(13-15)35-38(3,36)37/h4-6,8-9,11-14,17H,7,10H2,1-3H3,(H,30,35)/t17-,27-/m0/s1. The van der Waals surface area contributed by atoms with Crippen LogP contribution in [0.5, 0.6) is 0 Å². The molecule has 1 fully saturated rings. The molecule has 2 aliphatic carbocycles. The summed E-state index contributed by atoms with van der Waals surface area (Å²) in [5, 5.41) is 8.85. The molecule has 1 N–H and O–H groups in total. The van der Waals surface area contributed by atoms with Crippen molar-refractivity contribution in [1.82, 2.24) is 25.1 Å². The van der Waals surface area contributed by atoms with Crippen LogP contribution < -0.4 is 4.72 Å². The molecule has 0 amide bonds. The largest absolute Gasteiger partial charge is 0.268 e. The van der Waals surface area contributed by atoms with Crippen molar-refractivity contribution in [3.05, 3.63) is 83.4 Å². The van der Waals surface area contributed by atoms with Gasteiger partial charge in [-0.1, -0.05) is 19.9 Å². The van der Waals surface area contributed by atoms with E-state index in [1.165, 1.54) is 24.4 Å². The summed E-state index contributed by atoms with van der Waals surface area (Å²) in [6, 6.07) is 10.7. The van der Waals surface area contributed by atoms with E-state index >= 15 is 0 Å². The summed E-state index contributed by atoms with van der Waals surface area (Å²) in [5.74, 6) is -0.672. The summed E-state index contributed by atoms with van der Waals surface area (Å²) in [5.41, 5.74) is 2.17. The lowest BCUT2D eigenvalue weighted by Crippen LogP contribution is -2.38. The van der Waals surface area contributed by atoms with Gasteiger partial charge in [-0.15, -0.1) is 5.10 Å². The van der Waals surface area contributed by atoms with Crippen molar-refractivity contribution in [3.63, 3.8) is 0 Å². The van der Waals surface area contributed by atoms with Gasteiger partial charge in [0.2, 0.25) is 10.0 Å². The summed E-state index contributed by atoms with van der Waals surface area (Å²) in [4.78, 5) is 13.4. The Kier molecular flexibility index (Phi) is 5.36. The molecule has 194 valence electrons. The smallest absolute Gasteiger partial charge is 0.230 e. The third-order valence-electron chi connectivity index (χ3n) is 8.00. The molecular weight excluding hydrogens is 510 g/mol. The molecule has 8 nitrogen and oxygen atoms in total. The fraction of sp³-hybridized carbons (Fsp3) is 0.296. The molecule has 3 heterocycles. The maximum atomic E-state index is 14.5. The highest BCUT2D eigenvalue weighted by Crippen LogP contribution is 2.69. The van der Waals surface area contributed by atoms with Crippen molar-refractivity contribution in [3.8, 4) is 22.6 Å². The van der Waals surface area contributed by atoms with Crippen molar-refractivity contribution >= 4 is 15.8 Å². The van der Waals surface area contributed by atoms with Crippen molar-refractivity contribution in [2.24, 2.45) is 5.41 Å². The third-order valence-corrected chi connectivity index (χ3v) is 8.58. The van der Waals surface area contributed by atoms with Crippen LogP contribution in [0.1, 0.15) is 49.6 Å². The minimum atomic E-state index is -3.50. The highest BCUT2D eigenvalue weighted by atomic mass is 32.2. The molecular formula is C27H24F2N6O2S. The summed E-state index contributed by atoms with van der Waals surface area (Å²) in [6.45, 7) is 4.33. The van der Waals surface area contributed by atoms with E-state index in [-0.39, 0.29) is 28.4 Å². The van der Waals surface area contributed by atoms with Crippen LogP contribution in [0.25, 0.3) is 22.6 Å². The molecule has 4 aromatic rings. The molecule has 1 aromatic carbocycles.